The lowest BCUT2D eigenvalue weighted by Gasteiger charge is -2.20. The highest BCUT2D eigenvalue weighted by Gasteiger charge is 2.40. The first-order valence-electron chi connectivity index (χ1n) is 9.34. The molecule has 7 nitrogen and oxygen atoms in total. The van der Waals surface area contributed by atoms with Gasteiger partial charge in [0.25, 0.3) is 17.7 Å². The molecular formula is C20H22N2O5. The van der Waals surface area contributed by atoms with E-state index in [-0.39, 0.29) is 24.0 Å². The third-order valence-electron chi connectivity index (χ3n) is 6.05. The van der Waals surface area contributed by atoms with Crippen LogP contribution in [-0.4, -0.2) is 42.2 Å². The molecule has 0 aromatic heterocycles. The predicted molar refractivity (Wildman–Crippen MR) is 96.0 cm³/mol. The van der Waals surface area contributed by atoms with Crippen molar-refractivity contribution in [2.24, 2.45) is 17.8 Å². The highest BCUT2D eigenvalue weighted by Crippen LogP contribution is 2.49. The number of benzene rings is 1. The van der Waals surface area contributed by atoms with Gasteiger partial charge in [0.05, 0.1) is 11.1 Å². The van der Waals surface area contributed by atoms with Crippen molar-refractivity contribution >= 4 is 29.4 Å². The summed E-state index contributed by atoms with van der Waals surface area (Å²) in [5.41, 5.74) is 0.964. The Morgan fingerprint density at radius 2 is 1.93 bits per heavy atom. The number of hydrogen-bond donors (Lipinski definition) is 1. The minimum absolute atomic E-state index is 0.258. The number of nitrogens with zero attached hydrogens (tertiary/aromatic N) is 1. The monoisotopic (exact) mass is 370 g/mol. The summed E-state index contributed by atoms with van der Waals surface area (Å²) in [4.78, 5) is 49.0. The van der Waals surface area contributed by atoms with Crippen LogP contribution in [0.2, 0.25) is 0 Å². The van der Waals surface area contributed by atoms with Crippen molar-refractivity contribution in [1.29, 1.82) is 0 Å². The minimum Gasteiger partial charge on any atom is -0.456 e. The second-order valence-corrected chi connectivity index (χ2v) is 7.78. The topological polar surface area (TPSA) is 92.8 Å². The molecular weight excluding hydrogens is 348 g/mol. The summed E-state index contributed by atoms with van der Waals surface area (Å²) in [5.74, 6) is 0.244. The molecule has 2 bridgehead atoms. The number of esters is 1. The number of rotatable bonds is 5. The maximum absolute atomic E-state index is 12.0. The normalized spacial score (nSPS) is 25.7. The number of imide groups is 1. The number of amides is 3. The van der Waals surface area contributed by atoms with Crippen molar-refractivity contribution in [1.82, 2.24) is 4.90 Å². The molecule has 3 aliphatic rings. The number of hydrogen-bond acceptors (Lipinski definition) is 5. The van der Waals surface area contributed by atoms with Gasteiger partial charge in [-0.25, -0.2) is 0 Å². The minimum atomic E-state index is -0.471. The summed E-state index contributed by atoms with van der Waals surface area (Å²) in [5, 5.41) is 2.60. The van der Waals surface area contributed by atoms with Gasteiger partial charge in [-0.15, -0.1) is 0 Å². The van der Waals surface area contributed by atoms with E-state index in [1.54, 1.807) is 6.07 Å². The fraction of sp³-hybridized carbons (Fsp3) is 0.500. The second kappa shape index (κ2) is 6.79. The van der Waals surface area contributed by atoms with Crippen LogP contribution in [0.5, 0.6) is 0 Å². The van der Waals surface area contributed by atoms with Gasteiger partial charge in [0, 0.05) is 19.2 Å². The van der Waals surface area contributed by atoms with Crippen LogP contribution in [0.25, 0.3) is 0 Å². The van der Waals surface area contributed by atoms with E-state index >= 15 is 0 Å². The van der Waals surface area contributed by atoms with Crippen molar-refractivity contribution < 1.29 is 23.9 Å². The summed E-state index contributed by atoms with van der Waals surface area (Å²) in [7, 11) is 1.42. The van der Waals surface area contributed by atoms with E-state index < -0.39 is 11.8 Å². The Morgan fingerprint density at radius 1 is 1.15 bits per heavy atom. The van der Waals surface area contributed by atoms with Gasteiger partial charge in [-0.2, -0.15) is 0 Å². The van der Waals surface area contributed by atoms with Crippen molar-refractivity contribution in [3.05, 3.63) is 29.3 Å². The summed E-state index contributed by atoms with van der Waals surface area (Å²) in [6.07, 6.45) is 5.20. The second-order valence-electron chi connectivity index (χ2n) is 7.78. The molecule has 1 N–H and O–H groups in total. The molecule has 1 aromatic rings. The largest absolute Gasteiger partial charge is 0.456 e. The lowest BCUT2D eigenvalue weighted by atomic mass is 9.86. The van der Waals surface area contributed by atoms with Crippen LogP contribution in [0.3, 0.4) is 0 Å². The summed E-state index contributed by atoms with van der Waals surface area (Å²) in [6, 6.07) is 4.53. The van der Waals surface area contributed by atoms with E-state index in [1.165, 1.54) is 38.4 Å². The summed E-state index contributed by atoms with van der Waals surface area (Å²) < 4.78 is 5.11. The molecule has 142 valence electrons. The van der Waals surface area contributed by atoms with Crippen LogP contribution in [-0.2, 0) is 14.3 Å². The van der Waals surface area contributed by atoms with Gasteiger partial charge in [0.2, 0.25) is 0 Å². The number of anilines is 1. The average Bonchev–Trinajstić information content (AvgIpc) is 3.32. The average molecular weight is 370 g/mol. The summed E-state index contributed by atoms with van der Waals surface area (Å²) in [6.45, 7) is -0.358. The number of ether oxygens (including phenoxy) is 1. The zero-order chi connectivity index (χ0) is 19.1. The molecule has 3 atom stereocenters. The smallest absolute Gasteiger partial charge is 0.306 e. The third kappa shape index (κ3) is 3.34. The Hall–Kier alpha value is -2.70. The first kappa shape index (κ1) is 17.7. The summed E-state index contributed by atoms with van der Waals surface area (Å²) >= 11 is 0. The van der Waals surface area contributed by atoms with Gasteiger partial charge in [-0.1, -0.05) is 6.42 Å². The Bertz CT molecular complexity index is 834. The number of carbonyl (C=O) groups is 4. The molecule has 2 saturated carbocycles. The Kier molecular flexibility index (Phi) is 4.45. The first-order valence-corrected chi connectivity index (χ1v) is 9.34. The van der Waals surface area contributed by atoms with Crippen molar-refractivity contribution in [2.45, 2.75) is 32.1 Å². The molecule has 0 spiro atoms. The highest BCUT2D eigenvalue weighted by atomic mass is 16.5. The fourth-order valence-corrected chi connectivity index (χ4v) is 4.68. The van der Waals surface area contributed by atoms with E-state index in [4.69, 9.17) is 4.74 Å². The standard InChI is InChI=1S/C20H22N2O5/c1-22-19(25)15-5-4-14(9-16(15)20(22)26)21-17(23)10-27-18(24)8-13-7-11-2-3-12(13)6-11/h4-5,9,11-13H,2-3,6-8,10H2,1H3,(H,21,23)/t11-,12-,13-/m0/s1. The predicted octanol–water partition coefficient (Wildman–Crippen LogP) is 2.22. The van der Waals surface area contributed by atoms with Gasteiger partial charge in [0.1, 0.15) is 0 Å². The number of fused-ring (bicyclic) bond motifs is 3. The highest BCUT2D eigenvalue weighted by molar-refractivity contribution is 6.21. The van der Waals surface area contributed by atoms with Crippen LogP contribution in [0.1, 0.15) is 52.8 Å². The molecule has 1 aromatic carbocycles. The molecule has 1 heterocycles. The first-order chi connectivity index (χ1) is 12.9. The van der Waals surface area contributed by atoms with Gasteiger partial charge >= 0.3 is 5.97 Å². The lowest BCUT2D eigenvalue weighted by Crippen LogP contribution is -2.24. The zero-order valence-electron chi connectivity index (χ0n) is 15.2. The lowest BCUT2D eigenvalue weighted by molar-refractivity contribution is -0.148. The van der Waals surface area contributed by atoms with Gasteiger partial charge < -0.3 is 10.1 Å². The van der Waals surface area contributed by atoms with E-state index in [9.17, 15) is 19.2 Å². The molecule has 27 heavy (non-hydrogen) atoms. The van der Waals surface area contributed by atoms with Crippen LogP contribution >= 0.6 is 0 Å². The molecule has 0 radical (unpaired) electrons. The molecule has 3 amide bonds. The van der Waals surface area contributed by atoms with E-state index in [1.807, 2.05) is 0 Å². The number of carbonyl (C=O) groups excluding carboxylic acids is 4. The van der Waals surface area contributed by atoms with Crippen molar-refractivity contribution in [2.75, 3.05) is 19.0 Å². The Balaban J connectivity index is 1.28. The maximum atomic E-state index is 12.0. The SMILES string of the molecule is CN1C(=O)c2ccc(NC(=O)COC(=O)C[C@@H]3C[C@H]4CC[C@H]3C4)cc2C1=O. The molecule has 2 fully saturated rings. The fourth-order valence-electron chi connectivity index (χ4n) is 4.68. The van der Waals surface area contributed by atoms with Gasteiger partial charge in [-0.3, -0.25) is 24.1 Å². The van der Waals surface area contributed by atoms with Gasteiger partial charge in [0.15, 0.2) is 6.61 Å². The number of nitrogens with one attached hydrogen (secondary N) is 1. The Labute approximate surface area is 157 Å². The van der Waals surface area contributed by atoms with Crippen molar-refractivity contribution in [3.8, 4) is 0 Å². The molecule has 7 heteroatoms. The van der Waals surface area contributed by atoms with E-state index in [2.05, 4.69) is 5.32 Å². The van der Waals surface area contributed by atoms with E-state index in [0.717, 1.165) is 17.2 Å². The molecule has 4 rings (SSSR count). The Morgan fingerprint density at radius 3 is 2.63 bits per heavy atom. The van der Waals surface area contributed by atoms with E-state index in [0.29, 0.717) is 29.5 Å². The zero-order valence-corrected chi connectivity index (χ0v) is 15.2. The van der Waals surface area contributed by atoms with Crippen LogP contribution in [0.4, 0.5) is 5.69 Å². The molecule has 0 saturated heterocycles. The third-order valence-corrected chi connectivity index (χ3v) is 6.05. The molecule has 1 aliphatic heterocycles. The quantitative estimate of drug-likeness (QED) is 0.634. The van der Waals surface area contributed by atoms with Crippen molar-refractivity contribution in [3.63, 3.8) is 0 Å². The van der Waals surface area contributed by atoms with Crippen LogP contribution in [0.15, 0.2) is 18.2 Å². The maximum Gasteiger partial charge on any atom is 0.306 e. The van der Waals surface area contributed by atoms with Gasteiger partial charge in [-0.05, 0) is 55.2 Å². The van der Waals surface area contributed by atoms with Crippen LogP contribution < -0.4 is 5.32 Å². The molecule has 0 unspecified atom stereocenters. The van der Waals surface area contributed by atoms with Crippen LogP contribution in [0, 0.1) is 17.8 Å². The molecule has 2 aliphatic carbocycles.